The molecule has 0 spiro atoms. The Balaban J connectivity index is 2.79. The third kappa shape index (κ3) is 5.51. The summed E-state index contributed by atoms with van der Waals surface area (Å²) in [5.41, 5.74) is 0.749. The number of rotatable bonds is 9. The van der Waals surface area contributed by atoms with Crippen molar-refractivity contribution in [2.24, 2.45) is 0 Å². The van der Waals surface area contributed by atoms with Crippen LogP contribution in [0.2, 0.25) is 0 Å². The van der Waals surface area contributed by atoms with Crippen LogP contribution in [0.15, 0.2) is 18.2 Å². The van der Waals surface area contributed by atoms with Crippen LogP contribution < -0.4 is 14.8 Å². The van der Waals surface area contributed by atoms with Gasteiger partial charge in [-0.25, -0.2) is 0 Å². The molecule has 112 valence electrons. The summed E-state index contributed by atoms with van der Waals surface area (Å²) in [6, 6.07) is 5.52. The number of amides is 1. The van der Waals surface area contributed by atoms with Crippen molar-refractivity contribution in [1.82, 2.24) is 0 Å². The number of ether oxygens (including phenoxy) is 2. The molecule has 4 nitrogen and oxygen atoms in total. The second-order valence-corrected chi connectivity index (χ2v) is 4.66. The second-order valence-electron chi connectivity index (χ2n) is 4.66. The first-order chi connectivity index (χ1) is 9.71. The minimum absolute atomic E-state index is 0.0242. The zero-order chi connectivity index (χ0) is 14.8. The zero-order valence-electron chi connectivity index (χ0n) is 12.7. The Bertz CT molecular complexity index is 418. The predicted octanol–water partition coefficient (Wildman–Crippen LogP) is 4.00. The highest BCUT2D eigenvalue weighted by Crippen LogP contribution is 2.31. The maximum atomic E-state index is 11.6. The predicted molar refractivity (Wildman–Crippen MR) is 81.6 cm³/mol. The topological polar surface area (TPSA) is 47.6 Å². The second kappa shape index (κ2) is 9.23. The van der Waals surface area contributed by atoms with Gasteiger partial charge >= 0.3 is 0 Å². The number of hydrogen-bond donors (Lipinski definition) is 1. The van der Waals surface area contributed by atoms with Gasteiger partial charge < -0.3 is 14.8 Å². The Morgan fingerprint density at radius 1 is 1.00 bits per heavy atom. The standard InChI is InChI=1S/C16H25NO3/c1-4-7-16(18)17-13-8-9-14(19-10-5-2)15(12-13)20-11-6-3/h8-9,12H,4-7,10-11H2,1-3H3,(H,17,18). The van der Waals surface area contributed by atoms with E-state index in [9.17, 15) is 4.79 Å². The van der Waals surface area contributed by atoms with Gasteiger partial charge in [-0.15, -0.1) is 0 Å². The first-order valence-electron chi connectivity index (χ1n) is 7.40. The SMILES string of the molecule is CCCOc1ccc(NC(=O)CCC)cc1OCCC. The Labute approximate surface area is 121 Å². The normalized spacial score (nSPS) is 10.2. The van der Waals surface area contributed by atoms with E-state index in [0.717, 1.165) is 30.7 Å². The smallest absolute Gasteiger partial charge is 0.224 e. The highest BCUT2D eigenvalue weighted by atomic mass is 16.5. The van der Waals surface area contributed by atoms with Gasteiger partial charge in [-0.3, -0.25) is 4.79 Å². The van der Waals surface area contributed by atoms with Gasteiger partial charge in [-0.1, -0.05) is 20.8 Å². The van der Waals surface area contributed by atoms with Crippen LogP contribution in [-0.2, 0) is 4.79 Å². The van der Waals surface area contributed by atoms with Gasteiger partial charge in [-0.05, 0) is 31.4 Å². The van der Waals surface area contributed by atoms with Crippen molar-refractivity contribution in [1.29, 1.82) is 0 Å². The van der Waals surface area contributed by atoms with E-state index in [0.29, 0.717) is 25.4 Å². The molecule has 4 heteroatoms. The molecule has 0 radical (unpaired) electrons. The monoisotopic (exact) mass is 279 g/mol. The van der Waals surface area contributed by atoms with E-state index >= 15 is 0 Å². The first kappa shape index (κ1) is 16.3. The molecule has 0 saturated heterocycles. The molecule has 0 unspecified atom stereocenters. The highest BCUT2D eigenvalue weighted by molar-refractivity contribution is 5.91. The van der Waals surface area contributed by atoms with Gasteiger partial charge in [0.05, 0.1) is 13.2 Å². The van der Waals surface area contributed by atoms with Gasteiger partial charge in [0.2, 0.25) is 5.91 Å². The molecule has 0 fully saturated rings. The summed E-state index contributed by atoms with van der Waals surface area (Å²) >= 11 is 0. The zero-order valence-corrected chi connectivity index (χ0v) is 12.7. The van der Waals surface area contributed by atoms with Crippen LogP contribution in [-0.4, -0.2) is 19.1 Å². The molecule has 0 aliphatic rings. The van der Waals surface area contributed by atoms with Gasteiger partial charge in [0.15, 0.2) is 11.5 Å². The molecule has 0 aromatic heterocycles. The third-order valence-corrected chi connectivity index (χ3v) is 2.63. The van der Waals surface area contributed by atoms with Crippen molar-refractivity contribution in [2.45, 2.75) is 46.5 Å². The lowest BCUT2D eigenvalue weighted by Gasteiger charge is -2.14. The van der Waals surface area contributed by atoms with Crippen LogP contribution in [0.3, 0.4) is 0 Å². The van der Waals surface area contributed by atoms with Crippen molar-refractivity contribution >= 4 is 11.6 Å². The van der Waals surface area contributed by atoms with Crippen LogP contribution >= 0.6 is 0 Å². The molecule has 0 aliphatic heterocycles. The summed E-state index contributed by atoms with van der Waals surface area (Å²) < 4.78 is 11.3. The Hall–Kier alpha value is -1.71. The maximum Gasteiger partial charge on any atom is 0.224 e. The molecule has 0 atom stereocenters. The number of hydrogen-bond acceptors (Lipinski definition) is 3. The fraction of sp³-hybridized carbons (Fsp3) is 0.562. The third-order valence-electron chi connectivity index (χ3n) is 2.63. The summed E-state index contributed by atoms with van der Waals surface area (Å²) in [5, 5.41) is 2.87. The molecule has 0 saturated carbocycles. The number of carbonyl (C=O) groups is 1. The van der Waals surface area contributed by atoms with E-state index in [-0.39, 0.29) is 5.91 Å². The molecular formula is C16H25NO3. The lowest BCUT2D eigenvalue weighted by molar-refractivity contribution is -0.116. The maximum absolute atomic E-state index is 11.6. The molecule has 1 N–H and O–H groups in total. The molecule has 1 amide bonds. The van der Waals surface area contributed by atoms with E-state index in [1.54, 1.807) is 0 Å². The van der Waals surface area contributed by atoms with Crippen molar-refractivity contribution in [2.75, 3.05) is 18.5 Å². The van der Waals surface area contributed by atoms with Crippen LogP contribution in [0.4, 0.5) is 5.69 Å². The molecule has 0 heterocycles. The highest BCUT2D eigenvalue weighted by Gasteiger charge is 2.08. The minimum Gasteiger partial charge on any atom is -0.490 e. The minimum atomic E-state index is 0.0242. The summed E-state index contributed by atoms with van der Waals surface area (Å²) in [5.74, 6) is 1.44. The number of nitrogens with one attached hydrogen (secondary N) is 1. The van der Waals surface area contributed by atoms with Crippen LogP contribution in [0, 0.1) is 0 Å². The molecule has 1 aromatic carbocycles. The van der Waals surface area contributed by atoms with E-state index in [4.69, 9.17) is 9.47 Å². The number of anilines is 1. The average molecular weight is 279 g/mol. The fourth-order valence-corrected chi connectivity index (χ4v) is 1.69. The number of benzene rings is 1. The quantitative estimate of drug-likeness (QED) is 0.743. The molecular weight excluding hydrogens is 254 g/mol. The van der Waals surface area contributed by atoms with E-state index in [1.807, 2.05) is 25.1 Å². The average Bonchev–Trinajstić information content (AvgIpc) is 2.44. The lowest BCUT2D eigenvalue weighted by atomic mass is 10.2. The molecule has 1 aromatic rings. The fourth-order valence-electron chi connectivity index (χ4n) is 1.69. The van der Waals surface area contributed by atoms with Crippen molar-refractivity contribution in [3.8, 4) is 11.5 Å². The Kier molecular flexibility index (Phi) is 7.55. The van der Waals surface area contributed by atoms with Crippen molar-refractivity contribution < 1.29 is 14.3 Å². The van der Waals surface area contributed by atoms with Crippen LogP contribution in [0.1, 0.15) is 46.5 Å². The first-order valence-corrected chi connectivity index (χ1v) is 7.40. The van der Waals surface area contributed by atoms with Crippen molar-refractivity contribution in [3.63, 3.8) is 0 Å². The lowest BCUT2D eigenvalue weighted by Crippen LogP contribution is -2.11. The van der Waals surface area contributed by atoms with E-state index < -0.39 is 0 Å². The van der Waals surface area contributed by atoms with Gasteiger partial charge in [0, 0.05) is 18.2 Å². The largest absolute Gasteiger partial charge is 0.490 e. The van der Waals surface area contributed by atoms with Gasteiger partial charge in [-0.2, -0.15) is 0 Å². The molecule has 1 rings (SSSR count). The Morgan fingerprint density at radius 3 is 2.25 bits per heavy atom. The summed E-state index contributed by atoms with van der Waals surface area (Å²) in [6.07, 6.45) is 3.24. The van der Waals surface area contributed by atoms with Crippen LogP contribution in [0.25, 0.3) is 0 Å². The summed E-state index contributed by atoms with van der Waals surface area (Å²) in [4.78, 5) is 11.6. The molecule has 0 aliphatic carbocycles. The summed E-state index contributed by atoms with van der Waals surface area (Å²) in [6.45, 7) is 7.39. The van der Waals surface area contributed by atoms with Crippen LogP contribution in [0.5, 0.6) is 11.5 Å². The van der Waals surface area contributed by atoms with E-state index in [2.05, 4.69) is 19.2 Å². The van der Waals surface area contributed by atoms with Gasteiger partial charge in [0.1, 0.15) is 0 Å². The van der Waals surface area contributed by atoms with Gasteiger partial charge in [0.25, 0.3) is 0 Å². The number of carbonyl (C=O) groups excluding carboxylic acids is 1. The Morgan fingerprint density at radius 2 is 1.65 bits per heavy atom. The summed E-state index contributed by atoms with van der Waals surface area (Å²) in [7, 11) is 0. The van der Waals surface area contributed by atoms with E-state index in [1.165, 1.54) is 0 Å². The van der Waals surface area contributed by atoms with Crippen molar-refractivity contribution in [3.05, 3.63) is 18.2 Å². The molecule has 0 bridgehead atoms. The molecule has 20 heavy (non-hydrogen) atoms.